The van der Waals surface area contributed by atoms with Crippen LogP contribution in [0, 0.1) is 0 Å². The van der Waals surface area contributed by atoms with E-state index in [1.807, 2.05) is 24.3 Å². The Balaban J connectivity index is 1.86. The molecule has 2 rings (SSSR count). The first-order chi connectivity index (χ1) is 9.68. The smallest absolute Gasteiger partial charge is 0.0637 e. The van der Waals surface area contributed by atoms with Crippen LogP contribution in [0.25, 0.3) is 0 Å². The van der Waals surface area contributed by atoms with Gasteiger partial charge in [-0.3, -0.25) is 0 Å². The lowest BCUT2D eigenvalue weighted by atomic mass is 10.0. The Morgan fingerprint density at radius 1 is 0.850 bits per heavy atom. The minimum Gasteiger partial charge on any atom is -0.383 e. The van der Waals surface area contributed by atoms with E-state index >= 15 is 0 Å². The lowest BCUT2D eigenvalue weighted by Crippen LogP contribution is -2.14. The minimum atomic E-state index is 0.523. The van der Waals surface area contributed by atoms with Crippen molar-refractivity contribution < 1.29 is 0 Å². The van der Waals surface area contributed by atoms with Crippen molar-refractivity contribution in [3.05, 3.63) is 59.1 Å². The first-order valence-corrected chi connectivity index (χ1v) is 7.37. The van der Waals surface area contributed by atoms with Crippen molar-refractivity contribution in [2.75, 3.05) is 23.7 Å². The summed E-state index contributed by atoms with van der Waals surface area (Å²) in [6.45, 7) is 6.11. The second-order valence-corrected chi connectivity index (χ2v) is 5.48. The highest BCUT2D eigenvalue weighted by atomic mass is 35.5. The molecule has 2 N–H and O–H groups in total. The average Bonchev–Trinajstić information content (AvgIpc) is 2.45. The van der Waals surface area contributed by atoms with E-state index in [1.165, 1.54) is 11.3 Å². The van der Waals surface area contributed by atoms with E-state index in [9.17, 15) is 0 Å². The molecule has 20 heavy (non-hydrogen) atoms. The maximum atomic E-state index is 6.10. The molecule has 0 aromatic heterocycles. The SMILES string of the molecule is CC(C)c1ccccc1NCCNc1ccccc1Cl. The van der Waals surface area contributed by atoms with Gasteiger partial charge in [0.25, 0.3) is 0 Å². The highest BCUT2D eigenvalue weighted by Gasteiger charge is 2.04. The third-order valence-corrected chi connectivity index (χ3v) is 3.54. The normalized spacial score (nSPS) is 10.6. The maximum absolute atomic E-state index is 6.10. The molecule has 2 aromatic rings. The van der Waals surface area contributed by atoms with Crippen molar-refractivity contribution >= 4 is 23.0 Å². The molecule has 106 valence electrons. The molecule has 0 amide bonds. The molecule has 0 fully saturated rings. The summed E-state index contributed by atoms with van der Waals surface area (Å²) < 4.78 is 0. The van der Waals surface area contributed by atoms with Crippen molar-refractivity contribution in [2.45, 2.75) is 19.8 Å². The van der Waals surface area contributed by atoms with Crippen molar-refractivity contribution in [1.82, 2.24) is 0 Å². The number of hydrogen-bond acceptors (Lipinski definition) is 2. The summed E-state index contributed by atoms with van der Waals surface area (Å²) in [5.41, 5.74) is 3.54. The standard InChI is InChI=1S/C17H21ClN2/c1-13(2)14-7-3-5-9-16(14)19-11-12-20-17-10-6-4-8-15(17)18/h3-10,13,19-20H,11-12H2,1-2H3. The van der Waals surface area contributed by atoms with Gasteiger partial charge in [-0.2, -0.15) is 0 Å². The lowest BCUT2D eigenvalue weighted by Gasteiger charge is -2.15. The molecule has 0 aliphatic rings. The summed E-state index contributed by atoms with van der Waals surface area (Å²) in [7, 11) is 0. The number of anilines is 2. The first kappa shape index (κ1) is 14.7. The van der Waals surface area contributed by atoms with E-state index in [-0.39, 0.29) is 0 Å². The van der Waals surface area contributed by atoms with Crippen LogP contribution in [0.3, 0.4) is 0 Å². The number of rotatable bonds is 6. The fourth-order valence-electron chi connectivity index (χ4n) is 2.16. The largest absolute Gasteiger partial charge is 0.383 e. The van der Waals surface area contributed by atoms with Gasteiger partial charge in [0.1, 0.15) is 0 Å². The van der Waals surface area contributed by atoms with Crippen molar-refractivity contribution in [2.24, 2.45) is 0 Å². The summed E-state index contributed by atoms with van der Waals surface area (Å²) in [5.74, 6) is 0.523. The van der Waals surface area contributed by atoms with E-state index in [0.717, 1.165) is 23.8 Å². The average molecular weight is 289 g/mol. The summed E-state index contributed by atoms with van der Waals surface area (Å²) in [6.07, 6.45) is 0. The van der Waals surface area contributed by atoms with Gasteiger partial charge in [-0.15, -0.1) is 0 Å². The van der Waals surface area contributed by atoms with E-state index in [2.05, 4.69) is 48.7 Å². The highest BCUT2D eigenvalue weighted by molar-refractivity contribution is 6.33. The van der Waals surface area contributed by atoms with Crippen molar-refractivity contribution in [3.8, 4) is 0 Å². The molecule has 0 spiro atoms. The van der Waals surface area contributed by atoms with Crippen LogP contribution in [0.2, 0.25) is 5.02 Å². The summed E-state index contributed by atoms with van der Waals surface area (Å²) in [4.78, 5) is 0. The van der Waals surface area contributed by atoms with Gasteiger partial charge in [-0.25, -0.2) is 0 Å². The second-order valence-electron chi connectivity index (χ2n) is 5.08. The summed E-state index contributed by atoms with van der Waals surface area (Å²) in [6, 6.07) is 16.3. The van der Waals surface area contributed by atoms with Crippen LogP contribution in [0.5, 0.6) is 0 Å². The zero-order valence-corrected chi connectivity index (χ0v) is 12.7. The van der Waals surface area contributed by atoms with E-state index < -0.39 is 0 Å². The first-order valence-electron chi connectivity index (χ1n) is 6.99. The zero-order chi connectivity index (χ0) is 14.4. The third kappa shape index (κ3) is 3.91. The molecule has 0 radical (unpaired) electrons. The zero-order valence-electron chi connectivity index (χ0n) is 12.0. The predicted octanol–water partition coefficient (Wildman–Crippen LogP) is 4.99. The fraction of sp³-hybridized carbons (Fsp3) is 0.294. The molecule has 3 heteroatoms. The number of para-hydroxylation sites is 2. The number of hydrogen-bond donors (Lipinski definition) is 2. The van der Waals surface area contributed by atoms with Gasteiger partial charge < -0.3 is 10.6 Å². The van der Waals surface area contributed by atoms with Gasteiger partial charge in [-0.05, 0) is 29.7 Å². The molecule has 0 aliphatic carbocycles. The Bertz CT molecular complexity index is 552. The third-order valence-electron chi connectivity index (χ3n) is 3.21. The maximum Gasteiger partial charge on any atom is 0.0637 e. The van der Waals surface area contributed by atoms with Crippen LogP contribution in [0.4, 0.5) is 11.4 Å². The summed E-state index contributed by atoms with van der Waals surface area (Å²) in [5, 5.41) is 7.58. The van der Waals surface area contributed by atoms with Crippen LogP contribution < -0.4 is 10.6 Å². The molecule has 2 nitrogen and oxygen atoms in total. The van der Waals surface area contributed by atoms with Gasteiger partial charge in [0, 0.05) is 18.8 Å². The van der Waals surface area contributed by atoms with Crippen LogP contribution in [0.15, 0.2) is 48.5 Å². The molecule has 0 aliphatic heterocycles. The van der Waals surface area contributed by atoms with Crippen molar-refractivity contribution in [3.63, 3.8) is 0 Å². The quantitative estimate of drug-likeness (QED) is 0.732. The van der Waals surface area contributed by atoms with Gasteiger partial charge in [0.05, 0.1) is 10.7 Å². The predicted molar refractivity (Wildman–Crippen MR) is 89.0 cm³/mol. The highest BCUT2D eigenvalue weighted by Crippen LogP contribution is 2.23. The van der Waals surface area contributed by atoms with Crippen LogP contribution in [-0.2, 0) is 0 Å². The molecule has 0 atom stereocenters. The van der Waals surface area contributed by atoms with E-state index in [1.54, 1.807) is 0 Å². The van der Waals surface area contributed by atoms with Gasteiger partial charge in [0.15, 0.2) is 0 Å². The van der Waals surface area contributed by atoms with E-state index in [4.69, 9.17) is 11.6 Å². The van der Waals surface area contributed by atoms with Gasteiger partial charge in [-0.1, -0.05) is 55.8 Å². The molecular weight excluding hydrogens is 268 g/mol. The summed E-state index contributed by atoms with van der Waals surface area (Å²) >= 11 is 6.10. The second kappa shape index (κ2) is 7.20. The Morgan fingerprint density at radius 3 is 2.05 bits per heavy atom. The monoisotopic (exact) mass is 288 g/mol. The Hall–Kier alpha value is -1.67. The molecule has 0 bridgehead atoms. The Kier molecular flexibility index (Phi) is 5.31. The van der Waals surface area contributed by atoms with Crippen LogP contribution in [-0.4, -0.2) is 13.1 Å². The molecule has 0 heterocycles. The topological polar surface area (TPSA) is 24.1 Å². The number of halogens is 1. The Morgan fingerprint density at radius 2 is 1.40 bits per heavy atom. The van der Waals surface area contributed by atoms with Gasteiger partial charge >= 0.3 is 0 Å². The molecule has 2 aromatic carbocycles. The van der Waals surface area contributed by atoms with E-state index in [0.29, 0.717) is 5.92 Å². The minimum absolute atomic E-state index is 0.523. The lowest BCUT2D eigenvalue weighted by molar-refractivity contribution is 0.865. The molecule has 0 saturated heterocycles. The fourth-order valence-corrected chi connectivity index (χ4v) is 2.36. The molecule has 0 unspecified atom stereocenters. The molecular formula is C17H21ClN2. The van der Waals surface area contributed by atoms with Crippen LogP contribution in [0.1, 0.15) is 25.3 Å². The number of nitrogens with one attached hydrogen (secondary N) is 2. The Labute approximate surface area is 126 Å². The van der Waals surface area contributed by atoms with Gasteiger partial charge in [0.2, 0.25) is 0 Å². The van der Waals surface area contributed by atoms with Crippen molar-refractivity contribution in [1.29, 1.82) is 0 Å². The number of benzene rings is 2. The molecule has 0 saturated carbocycles. The van der Waals surface area contributed by atoms with Crippen LogP contribution >= 0.6 is 11.6 Å².